The summed E-state index contributed by atoms with van der Waals surface area (Å²) in [5.41, 5.74) is 3.54. The number of nitrogens with one attached hydrogen (secondary N) is 1. The molecule has 7 heteroatoms. The van der Waals surface area contributed by atoms with Crippen molar-refractivity contribution in [3.8, 4) is 0 Å². The number of benzene rings is 1. The quantitative estimate of drug-likeness (QED) is 0.716. The number of ether oxygens (including phenoxy) is 1. The Morgan fingerprint density at radius 2 is 1.90 bits per heavy atom. The van der Waals surface area contributed by atoms with E-state index in [1.54, 1.807) is 0 Å². The molecule has 29 heavy (non-hydrogen) atoms. The average Bonchev–Trinajstić information content (AvgIpc) is 3.03. The van der Waals surface area contributed by atoms with Crippen molar-refractivity contribution in [2.75, 3.05) is 29.9 Å². The molecule has 0 aliphatic carbocycles. The van der Waals surface area contributed by atoms with Gasteiger partial charge in [-0.05, 0) is 63.3 Å². The normalized spacial score (nSPS) is 14.7. The molecule has 2 heterocycles. The second-order valence-electron chi connectivity index (χ2n) is 7.73. The lowest BCUT2D eigenvalue weighted by Gasteiger charge is -2.32. The number of anilines is 2. The molecule has 1 aliphatic heterocycles. The van der Waals surface area contributed by atoms with E-state index >= 15 is 0 Å². The van der Waals surface area contributed by atoms with Gasteiger partial charge in [0, 0.05) is 36.4 Å². The zero-order chi connectivity index (χ0) is 20.8. The lowest BCUT2D eigenvalue weighted by Crippen LogP contribution is -2.32. The second-order valence-corrected chi connectivity index (χ2v) is 7.73. The molecule has 1 amide bonds. The Labute approximate surface area is 171 Å². The molecule has 7 nitrogen and oxygen atoms in total. The fourth-order valence-corrected chi connectivity index (χ4v) is 3.52. The number of hydrogen-bond donors (Lipinski definition) is 1. The predicted molar refractivity (Wildman–Crippen MR) is 111 cm³/mol. The van der Waals surface area contributed by atoms with Gasteiger partial charge in [-0.15, -0.1) is 0 Å². The number of aryl methyl sites for hydroxylation is 2. The van der Waals surface area contributed by atoms with Crippen LogP contribution in [0.25, 0.3) is 0 Å². The second kappa shape index (κ2) is 9.58. The molecule has 0 radical (unpaired) electrons. The highest BCUT2D eigenvalue weighted by molar-refractivity contribution is 5.92. The van der Waals surface area contributed by atoms with Crippen LogP contribution in [-0.2, 0) is 20.7 Å². The van der Waals surface area contributed by atoms with Crippen LogP contribution in [0.1, 0.15) is 43.2 Å². The van der Waals surface area contributed by atoms with E-state index < -0.39 is 5.97 Å². The van der Waals surface area contributed by atoms with E-state index in [9.17, 15) is 9.59 Å². The molecule has 1 saturated heterocycles. The zero-order valence-electron chi connectivity index (χ0n) is 17.4. The van der Waals surface area contributed by atoms with Gasteiger partial charge in [0.05, 0.1) is 5.69 Å². The molecule has 3 rings (SSSR count). The van der Waals surface area contributed by atoms with E-state index in [4.69, 9.17) is 9.26 Å². The van der Waals surface area contributed by atoms with Crippen molar-refractivity contribution in [1.82, 2.24) is 5.16 Å². The van der Waals surface area contributed by atoms with Gasteiger partial charge in [0.1, 0.15) is 5.76 Å². The van der Waals surface area contributed by atoms with E-state index in [2.05, 4.69) is 22.3 Å². The van der Waals surface area contributed by atoms with Crippen LogP contribution in [-0.4, -0.2) is 36.7 Å². The Hall–Kier alpha value is -2.83. The fraction of sp³-hybridized carbons (Fsp3) is 0.500. The van der Waals surface area contributed by atoms with Crippen LogP contribution < -0.4 is 10.2 Å². The average molecular weight is 399 g/mol. The summed E-state index contributed by atoms with van der Waals surface area (Å²) < 4.78 is 10.1. The summed E-state index contributed by atoms with van der Waals surface area (Å²) in [6.07, 6.45) is 3.08. The molecule has 1 aromatic heterocycles. The topological polar surface area (TPSA) is 84.7 Å². The van der Waals surface area contributed by atoms with Crippen molar-refractivity contribution in [2.45, 2.75) is 46.5 Å². The van der Waals surface area contributed by atoms with Gasteiger partial charge in [-0.25, -0.2) is 0 Å². The minimum absolute atomic E-state index is 0.180. The highest BCUT2D eigenvalue weighted by Gasteiger charge is 2.16. The number of aromatic nitrogens is 1. The summed E-state index contributed by atoms with van der Waals surface area (Å²) in [4.78, 5) is 26.3. The number of piperidine rings is 1. The van der Waals surface area contributed by atoms with Crippen LogP contribution in [0.2, 0.25) is 0 Å². The monoisotopic (exact) mass is 399 g/mol. The maximum absolute atomic E-state index is 12.1. The highest BCUT2D eigenvalue weighted by Crippen LogP contribution is 2.24. The summed E-state index contributed by atoms with van der Waals surface area (Å²) in [7, 11) is 0. The van der Waals surface area contributed by atoms with E-state index in [0.29, 0.717) is 17.9 Å². The molecule has 0 atom stereocenters. The van der Waals surface area contributed by atoms with Crippen LogP contribution in [0.3, 0.4) is 0 Å². The van der Waals surface area contributed by atoms with Crippen LogP contribution in [0.5, 0.6) is 0 Å². The van der Waals surface area contributed by atoms with Gasteiger partial charge in [-0.3, -0.25) is 9.59 Å². The van der Waals surface area contributed by atoms with Crippen LogP contribution in [0.15, 0.2) is 28.8 Å². The standard InChI is InChI=1S/C22H29N3O4/c1-15-10-12-25(13-11-15)19-6-4-18(5-7-19)23-21(26)14-28-22(27)9-8-20-16(2)24-29-17(20)3/h4-7,15H,8-14H2,1-3H3,(H,23,26). The molecule has 1 aliphatic rings. The van der Waals surface area contributed by atoms with E-state index in [1.165, 1.54) is 18.5 Å². The van der Waals surface area contributed by atoms with E-state index in [1.807, 2.05) is 38.1 Å². The first-order chi connectivity index (χ1) is 13.9. The highest BCUT2D eigenvalue weighted by atomic mass is 16.5. The number of amides is 1. The molecule has 0 unspecified atom stereocenters. The van der Waals surface area contributed by atoms with Gasteiger partial charge < -0.3 is 19.5 Å². The number of esters is 1. The maximum atomic E-state index is 12.1. The van der Waals surface area contributed by atoms with Gasteiger partial charge in [0.25, 0.3) is 5.91 Å². The van der Waals surface area contributed by atoms with Crippen molar-refractivity contribution in [3.05, 3.63) is 41.3 Å². The summed E-state index contributed by atoms with van der Waals surface area (Å²) >= 11 is 0. The lowest BCUT2D eigenvalue weighted by molar-refractivity contribution is -0.147. The molecule has 1 aromatic carbocycles. The predicted octanol–water partition coefficient (Wildman–Crippen LogP) is 3.64. The smallest absolute Gasteiger partial charge is 0.306 e. The van der Waals surface area contributed by atoms with Crippen molar-refractivity contribution >= 4 is 23.3 Å². The Balaban J connectivity index is 1.40. The van der Waals surface area contributed by atoms with Crippen molar-refractivity contribution in [2.24, 2.45) is 5.92 Å². The van der Waals surface area contributed by atoms with E-state index in [-0.39, 0.29) is 18.9 Å². The first-order valence-corrected chi connectivity index (χ1v) is 10.1. The third-order valence-electron chi connectivity index (χ3n) is 5.42. The summed E-state index contributed by atoms with van der Waals surface area (Å²) in [5.74, 6) is 0.720. The van der Waals surface area contributed by atoms with E-state index in [0.717, 1.165) is 30.3 Å². The molecule has 0 spiro atoms. The molecule has 0 saturated carbocycles. The Morgan fingerprint density at radius 1 is 1.21 bits per heavy atom. The largest absolute Gasteiger partial charge is 0.456 e. The summed E-state index contributed by atoms with van der Waals surface area (Å²) in [5, 5.41) is 6.62. The molecule has 1 N–H and O–H groups in total. The number of nitrogens with zero attached hydrogens (tertiary/aromatic N) is 2. The maximum Gasteiger partial charge on any atom is 0.306 e. The van der Waals surface area contributed by atoms with Crippen LogP contribution in [0, 0.1) is 19.8 Å². The van der Waals surface area contributed by atoms with Gasteiger partial charge in [0.15, 0.2) is 6.61 Å². The first kappa shape index (κ1) is 20.9. The van der Waals surface area contributed by atoms with Crippen molar-refractivity contribution in [1.29, 1.82) is 0 Å². The van der Waals surface area contributed by atoms with Gasteiger partial charge in [-0.1, -0.05) is 12.1 Å². The van der Waals surface area contributed by atoms with Gasteiger partial charge in [0.2, 0.25) is 0 Å². The Bertz CT molecular complexity index is 817. The van der Waals surface area contributed by atoms with Crippen molar-refractivity contribution in [3.63, 3.8) is 0 Å². The Morgan fingerprint density at radius 3 is 2.52 bits per heavy atom. The molecule has 0 bridgehead atoms. The minimum atomic E-state index is -0.421. The molecular formula is C22H29N3O4. The SMILES string of the molecule is Cc1noc(C)c1CCC(=O)OCC(=O)Nc1ccc(N2CCC(C)CC2)cc1. The van der Waals surface area contributed by atoms with Crippen LogP contribution >= 0.6 is 0 Å². The van der Waals surface area contributed by atoms with Crippen molar-refractivity contribution < 1.29 is 18.8 Å². The van der Waals surface area contributed by atoms with Gasteiger partial charge in [-0.2, -0.15) is 0 Å². The fourth-order valence-electron chi connectivity index (χ4n) is 3.52. The number of carbonyl (C=O) groups excluding carboxylic acids is 2. The summed E-state index contributed by atoms with van der Waals surface area (Å²) in [6, 6.07) is 7.79. The lowest BCUT2D eigenvalue weighted by atomic mass is 9.99. The Kier molecular flexibility index (Phi) is 6.90. The first-order valence-electron chi connectivity index (χ1n) is 10.1. The summed E-state index contributed by atoms with van der Waals surface area (Å²) in [6.45, 7) is 7.77. The molecule has 2 aromatic rings. The zero-order valence-corrected chi connectivity index (χ0v) is 17.4. The number of hydrogen-bond acceptors (Lipinski definition) is 6. The molecule has 1 fully saturated rings. The van der Waals surface area contributed by atoms with Gasteiger partial charge >= 0.3 is 5.97 Å². The minimum Gasteiger partial charge on any atom is -0.456 e. The molecule has 156 valence electrons. The molecular weight excluding hydrogens is 370 g/mol. The number of carbonyl (C=O) groups is 2. The third-order valence-corrected chi connectivity index (χ3v) is 5.42. The third kappa shape index (κ3) is 5.82. The van der Waals surface area contributed by atoms with Crippen LogP contribution in [0.4, 0.5) is 11.4 Å². The number of rotatable bonds is 7.